The number of alkyl halides is 1. The van der Waals surface area contributed by atoms with Crippen LogP contribution in [0.4, 0.5) is 0 Å². The molecular formula is C43H69BrN4O10S2. The van der Waals surface area contributed by atoms with Crippen LogP contribution in [0, 0.1) is 11.8 Å². The van der Waals surface area contributed by atoms with Crippen LogP contribution < -0.4 is 5.32 Å². The van der Waals surface area contributed by atoms with Crippen LogP contribution >= 0.6 is 27.7 Å². The molecule has 1 saturated carbocycles. The van der Waals surface area contributed by atoms with Crippen molar-refractivity contribution < 1.29 is 47.3 Å². The minimum absolute atomic E-state index is 0.0287. The molecule has 7 rings (SSSR count). The van der Waals surface area contributed by atoms with Gasteiger partial charge in [0.25, 0.3) is 0 Å². The summed E-state index contributed by atoms with van der Waals surface area (Å²) in [5.41, 5.74) is -2.81. The number of ketones is 1. The van der Waals surface area contributed by atoms with E-state index in [0.29, 0.717) is 30.1 Å². The second kappa shape index (κ2) is 19.1. The molecule has 0 aromatic rings. The van der Waals surface area contributed by atoms with Crippen LogP contribution in [-0.2, 0) is 48.8 Å². The van der Waals surface area contributed by atoms with Crippen LogP contribution in [0.1, 0.15) is 93.4 Å². The number of aliphatic hydroxyl groups excluding tert-OH is 1. The van der Waals surface area contributed by atoms with Gasteiger partial charge in [-0.05, 0) is 108 Å². The summed E-state index contributed by atoms with van der Waals surface area (Å²) in [6, 6.07) is -0.357. The SMILES string of the molecule is COC1S(=O)C2=CC(=O)C(C)(OC3CCC(N(C)C)C(C)O3)C(O)CCC(C)=CC3C(OC4CCC(N(C)C)C(C)O4)CC(OC(=O)C4CSC(=N4)C1(C)N2)C(C)(Br)C3C. The molecule has 17 unspecified atom stereocenters. The Bertz CT molecular complexity index is 1710. The molecule has 1 aliphatic carbocycles. The van der Waals surface area contributed by atoms with Gasteiger partial charge in [-0.2, -0.15) is 0 Å². The van der Waals surface area contributed by atoms with E-state index >= 15 is 0 Å². The monoisotopic (exact) mass is 944 g/mol. The number of likely N-dealkylation sites (N-methyl/N-ethyl adjacent to an activating group) is 2. The highest BCUT2D eigenvalue weighted by Gasteiger charge is 2.56. The van der Waals surface area contributed by atoms with Gasteiger partial charge in [-0.1, -0.05) is 34.5 Å². The highest BCUT2D eigenvalue weighted by atomic mass is 79.9. The number of thioether (sulfide) groups is 1. The van der Waals surface area contributed by atoms with Gasteiger partial charge >= 0.3 is 5.97 Å². The number of nitrogens with zero attached hydrogens (tertiary/aromatic N) is 3. The van der Waals surface area contributed by atoms with Crippen molar-refractivity contribution in [3.05, 3.63) is 22.8 Å². The van der Waals surface area contributed by atoms with Gasteiger partial charge in [-0.15, -0.1) is 11.8 Å². The average Bonchev–Trinajstić information content (AvgIpc) is 3.77. The van der Waals surface area contributed by atoms with Crippen LogP contribution in [0.2, 0.25) is 0 Å². The molecular weight excluding hydrogens is 877 g/mol. The highest BCUT2D eigenvalue weighted by Crippen LogP contribution is 2.48. The normalized spacial score (nSPS) is 45.8. The minimum Gasteiger partial charge on any atom is -0.459 e. The third-order valence-electron chi connectivity index (χ3n) is 14.0. The molecule has 17 atom stereocenters. The number of fused-ring (bicyclic) bond motifs is 9. The zero-order valence-electron chi connectivity index (χ0n) is 37.5. The maximum atomic E-state index is 14.6. The Kier molecular flexibility index (Phi) is 15.3. The molecule has 6 aliphatic heterocycles. The molecule has 6 heterocycles. The molecule has 0 radical (unpaired) electrons. The molecule has 0 amide bonds. The van der Waals surface area contributed by atoms with E-state index < -0.39 is 74.3 Å². The molecule has 60 heavy (non-hydrogen) atoms. The number of allylic oxidation sites excluding steroid dienone is 1. The molecule has 4 fully saturated rings. The number of rotatable bonds is 7. The van der Waals surface area contributed by atoms with Crippen molar-refractivity contribution in [1.29, 1.82) is 0 Å². The zero-order valence-corrected chi connectivity index (χ0v) is 40.7. The summed E-state index contributed by atoms with van der Waals surface area (Å²) >= 11 is 5.40. The molecule has 14 nitrogen and oxygen atoms in total. The van der Waals surface area contributed by atoms with E-state index in [1.807, 2.05) is 34.9 Å². The second-order valence-electron chi connectivity index (χ2n) is 18.7. The molecule has 6 bridgehead atoms. The quantitative estimate of drug-likeness (QED) is 0.202. The van der Waals surface area contributed by atoms with Crippen molar-refractivity contribution in [3.8, 4) is 0 Å². The molecule has 17 heteroatoms. The topological polar surface area (TPSA) is 158 Å². The third-order valence-corrected chi connectivity index (χ3v) is 18.2. The van der Waals surface area contributed by atoms with Gasteiger partial charge in [0.1, 0.15) is 27.5 Å². The minimum atomic E-state index is -1.84. The standard InChI is InChI=1S/C43H69BrN4O10S2/c1-23-13-16-32(49)43(7,58-37-18-15-30(48(10)11)26(4)55-37)33(50)21-35-46-42(6,40(53-12)60(35)52)39-45-28(22-59-39)38(51)57-34-20-31(27(19-23)24(2)41(34,5)44)56-36-17-14-29(47(8)9)25(3)54-36/h19,21,24-32,34,36-37,40,46,49H,13-18,20,22H2,1-12H3. The second-order valence-corrected chi connectivity index (χ2v) is 22.9. The van der Waals surface area contributed by atoms with Crippen molar-refractivity contribution >= 4 is 55.3 Å². The van der Waals surface area contributed by atoms with Crippen molar-refractivity contribution in [3.63, 3.8) is 0 Å². The lowest BCUT2D eigenvalue weighted by atomic mass is 9.69. The summed E-state index contributed by atoms with van der Waals surface area (Å²) in [4.78, 5) is 37.8. The largest absolute Gasteiger partial charge is 0.459 e. The van der Waals surface area contributed by atoms with Crippen LogP contribution in [0.3, 0.4) is 0 Å². The van der Waals surface area contributed by atoms with E-state index in [2.05, 4.69) is 72.0 Å². The van der Waals surface area contributed by atoms with Crippen molar-refractivity contribution in [2.24, 2.45) is 16.8 Å². The van der Waals surface area contributed by atoms with Gasteiger partial charge in [0.2, 0.25) is 0 Å². The molecule has 7 aliphatic rings. The Labute approximate surface area is 372 Å². The first kappa shape index (κ1) is 48.2. The van der Waals surface area contributed by atoms with Gasteiger partial charge in [0, 0.05) is 49.8 Å². The van der Waals surface area contributed by atoms with E-state index in [0.717, 1.165) is 24.8 Å². The van der Waals surface area contributed by atoms with E-state index in [4.69, 9.17) is 33.4 Å². The number of hydrogen-bond donors (Lipinski definition) is 2. The maximum Gasteiger partial charge on any atom is 0.332 e. The number of esters is 1. The Morgan fingerprint density at radius 3 is 2.20 bits per heavy atom. The van der Waals surface area contributed by atoms with Crippen LogP contribution in [-0.4, -0.2) is 159 Å². The van der Waals surface area contributed by atoms with Gasteiger partial charge < -0.3 is 48.6 Å². The lowest BCUT2D eigenvalue weighted by molar-refractivity contribution is -0.260. The first-order chi connectivity index (χ1) is 28.1. The van der Waals surface area contributed by atoms with Crippen LogP contribution in [0.15, 0.2) is 27.7 Å². The third kappa shape index (κ3) is 9.71. The summed E-state index contributed by atoms with van der Waals surface area (Å²) in [5.74, 6) is -0.853. The Balaban J connectivity index is 1.37. The van der Waals surface area contributed by atoms with Crippen LogP contribution in [0.5, 0.6) is 0 Å². The summed E-state index contributed by atoms with van der Waals surface area (Å²) in [6.45, 7) is 13.7. The summed E-state index contributed by atoms with van der Waals surface area (Å²) < 4.78 is 51.9. The van der Waals surface area contributed by atoms with Crippen molar-refractivity contribution in [2.75, 3.05) is 41.1 Å². The number of halogens is 1. The van der Waals surface area contributed by atoms with E-state index in [1.165, 1.54) is 24.9 Å². The number of carbonyl (C=O) groups is 2. The number of nitrogens with one attached hydrogen (secondary N) is 1. The molecule has 0 spiro atoms. The summed E-state index contributed by atoms with van der Waals surface area (Å²) in [5, 5.41) is 16.1. The lowest BCUT2D eigenvalue weighted by Gasteiger charge is -2.50. The predicted octanol–water partition coefficient (Wildman–Crippen LogP) is 4.89. The van der Waals surface area contributed by atoms with Gasteiger partial charge in [0.15, 0.2) is 35.4 Å². The van der Waals surface area contributed by atoms with E-state index in [-0.39, 0.29) is 53.7 Å². The van der Waals surface area contributed by atoms with Crippen molar-refractivity contribution in [2.45, 2.75) is 176 Å². The molecule has 0 aromatic heterocycles. The molecule has 340 valence electrons. The van der Waals surface area contributed by atoms with Gasteiger partial charge in [0.05, 0.1) is 33.8 Å². The van der Waals surface area contributed by atoms with E-state index in [1.54, 1.807) is 6.92 Å². The summed E-state index contributed by atoms with van der Waals surface area (Å²) in [6.07, 6.45) is 4.01. The number of ether oxygens (including phenoxy) is 6. The maximum absolute atomic E-state index is 14.6. The van der Waals surface area contributed by atoms with Gasteiger partial charge in [-0.3, -0.25) is 9.79 Å². The van der Waals surface area contributed by atoms with Crippen LogP contribution in [0.25, 0.3) is 0 Å². The fourth-order valence-corrected chi connectivity index (χ4v) is 13.3. The van der Waals surface area contributed by atoms with Crippen molar-refractivity contribution in [1.82, 2.24) is 15.1 Å². The fourth-order valence-electron chi connectivity index (χ4n) is 9.92. The smallest absolute Gasteiger partial charge is 0.332 e. The summed E-state index contributed by atoms with van der Waals surface area (Å²) in [7, 11) is 7.78. The Morgan fingerprint density at radius 1 is 0.983 bits per heavy atom. The highest BCUT2D eigenvalue weighted by molar-refractivity contribution is 9.10. The first-order valence-electron chi connectivity index (χ1n) is 21.5. The Hall–Kier alpha value is -1.25. The van der Waals surface area contributed by atoms with E-state index in [9.17, 15) is 18.9 Å². The number of aliphatic imine (C=N–C) groups is 1. The fraction of sp³-hybridized carbons (Fsp3) is 0.837. The zero-order chi connectivity index (χ0) is 44.1. The lowest BCUT2D eigenvalue weighted by Crippen LogP contribution is -2.56. The number of aliphatic hydroxyl groups is 1. The predicted molar refractivity (Wildman–Crippen MR) is 237 cm³/mol. The molecule has 0 aromatic carbocycles. The number of hydrogen-bond acceptors (Lipinski definition) is 15. The first-order valence-corrected chi connectivity index (χ1v) is 24.5. The Morgan fingerprint density at radius 2 is 1.60 bits per heavy atom. The number of methoxy groups -OCH3 is 1. The van der Waals surface area contributed by atoms with Gasteiger partial charge in [-0.25, -0.2) is 9.00 Å². The molecule has 3 saturated heterocycles. The number of carbonyl (C=O) groups excluding carboxylic acids is 2. The molecule has 2 N–H and O–H groups in total. The average molecular weight is 946 g/mol.